The van der Waals surface area contributed by atoms with Gasteiger partial charge in [0.15, 0.2) is 0 Å². The molecule has 30 heavy (non-hydrogen) atoms. The normalized spacial score (nSPS) is 15.7. The number of nitrogens with one attached hydrogen (secondary N) is 1. The molecule has 7 heteroatoms. The lowest BCUT2D eigenvalue weighted by Crippen LogP contribution is -2.41. The summed E-state index contributed by atoms with van der Waals surface area (Å²) in [4.78, 5) is 19.5. The quantitative estimate of drug-likeness (QED) is 0.639. The number of anilines is 1. The largest absolute Gasteiger partial charge is 0.349 e. The molecular weight excluding hydrogens is 399 g/mol. The van der Waals surface area contributed by atoms with E-state index in [1.165, 1.54) is 23.7 Å². The van der Waals surface area contributed by atoms with Crippen LogP contribution >= 0.6 is 11.5 Å². The van der Waals surface area contributed by atoms with Crippen molar-refractivity contribution in [3.63, 3.8) is 0 Å². The Morgan fingerprint density at radius 2 is 1.87 bits per heavy atom. The monoisotopic (exact) mass is 424 g/mol. The number of aromatic nitrogens is 2. The molecule has 4 rings (SSSR count). The number of hydrogen-bond acceptors (Lipinski definition) is 5. The van der Waals surface area contributed by atoms with Gasteiger partial charge in [-0.2, -0.15) is 4.37 Å². The molecule has 1 atom stereocenters. The second kappa shape index (κ2) is 9.34. The van der Waals surface area contributed by atoms with Gasteiger partial charge in [0.2, 0.25) is 11.0 Å². The minimum absolute atomic E-state index is 0.00825. The molecule has 0 bridgehead atoms. The summed E-state index contributed by atoms with van der Waals surface area (Å²) >= 11 is 1.39. The van der Waals surface area contributed by atoms with Crippen LogP contribution in [-0.4, -0.2) is 28.4 Å². The molecule has 0 aliphatic carbocycles. The van der Waals surface area contributed by atoms with Crippen molar-refractivity contribution in [1.29, 1.82) is 0 Å². The lowest BCUT2D eigenvalue weighted by molar-refractivity contribution is -0.126. The van der Waals surface area contributed by atoms with Crippen LogP contribution in [0.1, 0.15) is 42.8 Å². The van der Waals surface area contributed by atoms with Crippen molar-refractivity contribution in [2.75, 3.05) is 18.0 Å². The smallest absolute Gasteiger partial charge is 0.223 e. The summed E-state index contributed by atoms with van der Waals surface area (Å²) in [5.41, 5.74) is 2.11. The van der Waals surface area contributed by atoms with Gasteiger partial charge in [-0.05, 0) is 43.0 Å². The van der Waals surface area contributed by atoms with Crippen molar-refractivity contribution in [2.45, 2.75) is 32.2 Å². The molecule has 1 aliphatic rings. The fourth-order valence-electron chi connectivity index (χ4n) is 3.72. The molecule has 1 amide bonds. The molecule has 1 saturated heterocycles. The Bertz CT molecular complexity index is 968. The lowest BCUT2D eigenvalue weighted by atomic mass is 9.95. The van der Waals surface area contributed by atoms with Crippen LogP contribution in [0.4, 0.5) is 9.52 Å². The van der Waals surface area contributed by atoms with E-state index in [1.807, 2.05) is 37.3 Å². The standard InChI is InChI=1S/C23H25FN4OS/c1-16(18-5-3-2-4-6-18)25-22(29)19-11-13-28(14-12-19)23-26-21(27-30-23)15-17-7-9-20(24)10-8-17/h2-10,16,19H,11-15H2,1H3,(H,25,29)/t16-/m1/s1. The SMILES string of the molecule is C[C@@H](NC(=O)C1CCN(c2nc(Cc3ccc(F)cc3)ns2)CC1)c1ccccc1. The minimum Gasteiger partial charge on any atom is -0.349 e. The lowest BCUT2D eigenvalue weighted by Gasteiger charge is -2.31. The van der Waals surface area contributed by atoms with E-state index in [4.69, 9.17) is 0 Å². The molecule has 1 fully saturated rings. The van der Waals surface area contributed by atoms with Gasteiger partial charge in [0.25, 0.3) is 0 Å². The molecule has 2 aromatic carbocycles. The topological polar surface area (TPSA) is 58.1 Å². The minimum atomic E-state index is -0.240. The third-order valence-electron chi connectivity index (χ3n) is 5.53. The first-order chi connectivity index (χ1) is 14.6. The first-order valence-corrected chi connectivity index (χ1v) is 11.0. The van der Waals surface area contributed by atoms with Crippen LogP contribution < -0.4 is 10.2 Å². The van der Waals surface area contributed by atoms with E-state index in [9.17, 15) is 9.18 Å². The number of benzene rings is 2. The average Bonchev–Trinajstić information content (AvgIpc) is 3.24. The van der Waals surface area contributed by atoms with E-state index >= 15 is 0 Å². The van der Waals surface area contributed by atoms with Crippen molar-refractivity contribution < 1.29 is 9.18 Å². The highest BCUT2D eigenvalue weighted by atomic mass is 32.1. The van der Waals surface area contributed by atoms with Crippen molar-refractivity contribution in [3.05, 3.63) is 77.4 Å². The van der Waals surface area contributed by atoms with Crippen molar-refractivity contribution >= 4 is 22.6 Å². The summed E-state index contributed by atoms with van der Waals surface area (Å²) in [5, 5.41) is 4.04. The summed E-state index contributed by atoms with van der Waals surface area (Å²) in [6.45, 7) is 3.61. The molecule has 2 heterocycles. The fraction of sp³-hybridized carbons (Fsp3) is 0.348. The van der Waals surface area contributed by atoms with Crippen molar-refractivity contribution in [1.82, 2.24) is 14.7 Å². The van der Waals surface area contributed by atoms with Gasteiger partial charge in [0.05, 0.1) is 6.04 Å². The van der Waals surface area contributed by atoms with E-state index < -0.39 is 0 Å². The molecule has 3 aromatic rings. The third-order valence-corrected chi connectivity index (χ3v) is 6.34. The third kappa shape index (κ3) is 5.02. The maximum atomic E-state index is 13.1. The average molecular weight is 425 g/mol. The van der Waals surface area contributed by atoms with Crippen LogP contribution in [0.3, 0.4) is 0 Å². The number of piperidine rings is 1. The van der Waals surface area contributed by atoms with Gasteiger partial charge >= 0.3 is 0 Å². The number of carbonyl (C=O) groups is 1. The zero-order chi connectivity index (χ0) is 20.9. The molecule has 0 saturated carbocycles. The molecule has 156 valence electrons. The van der Waals surface area contributed by atoms with Crippen LogP contribution in [0.5, 0.6) is 0 Å². The van der Waals surface area contributed by atoms with Crippen LogP contribution in [-0.2, 0) is 11.2 Å². The van der Waals surface area contributed by atoms with Crippen LogP contribution in [0.2, 0.25) is 0 Å². The van der Waals surface area contributed by atoms with E-state index in [2.05, 4.69) is 19.6 Å². The van der Waals surface area contributed by atoms with Gasteiger partial charge in [-0.15, -0.1) is 0 Å². The van der Waals surface area contributed by atoms with Gasteiger partial charge in [0, 0.05) is 37.0 Å². The van der Waals surface area contributed by atoms with Gasteiger partial charge in [-0.3, -0.25) is 4.79 Å². The van der Waals surface area contributed by atoms with E-state index in [1.54, 1.807) is 12.1 Å². The van der Waals surface area contributed by atoms with Crippen molar-refractivity contribution in [2.24, 2.45) is 5.92 Å². The summed E-state index contributed by atoms with van der Waals surface area (Å²) in [6, 6.07) is 16.5. The van der Waals surface area contributed by atoms with Gasteiger partial charge < -0.3 is 10.2 Å². The van der Waals surface area contributed by atoms with Crippen LogP contribution in [0, 0.1) is 11.7 Å². The molecule has 1 N–H and O–H groups in total. The zero-order valence-corrected chi connectivity index (χ0v) is 17.7. The van der Waals surface area contributed by atoms with Crippen LogP contribution in [0.15, 0.2) is 54.6 Å². The summed E-state index contributed by atoms with van der Waals surface area (Å²) in [6.07, 6.45) is 2.20. The number of amides is 1. The van der Waals surface area contributed by atoms with Gasteiger partial charge in [-0.25, -0.2) is 9.37 Å². The second-order valence-corrected chi connectivity index (χ2v) is 8.43. The predicted molar refractivity (Wildman–Crippen MR) is 117 cm³/mol. The second-order valence-electron chi connectivity index (χ2n) is 7.70. The Morgan fingerprint density at radius 1 is 1.17 bits per heavy atom. The maximum Gasteiger partial charge on any atom is 0.223 e. The summed E-state index contributed by atoms with van der Waals surface area (Å²) in [7, 11) is 0. The zero-order valence-electron chi connectivity index (χ0n) is 16.9. The number of halogens is 1. The maximum absolute atomic E-state index is 13.1. The Labute approximate surface area is 180 Å². The van der Waals surface area contributed by atoms with E-state index in [0.29, 0.717) is 6.42 Å². The molecule has 1 aliphatic heterocycles. The fourth-order valence-corrected chi connectivity index (χ4v) is 4.46. The molecule has 1 aromatic heterocycles. The van der Waals surface area contributed by atoms with Crippen molar-refractivity contribution in [3.8, 4) is 0 Å². The van der Waals surface area contributed by atoms with E-state index in [0.717, 1.165) is 48.0 Å². The molecule has 5 nitrogen and oxygen atoms in total. The number of nitrogens with zero attached hydrogens (tertiary/aromatic N) is 3. The summed E-state index contributed by atoms with van der Waals surface area (Å²) < 4.78 is 17.5. The van der Waals surface area contributed by atoms with E-state index in [-0.39, 0.29) is 23.7 Å². The molecular formula is C23H25FN4OS. The Hall–Kier alpha value is -2.80. The Balaban J connectivity index is 1.28. The number of hydrogen-bond donors (Lipinski definition) is 1. The molecule has 0 radical (unpaired) electrons. The first-order valence-electron chi connectivity index (χ1n) is 10.3. The van der Waals surface area contributed by atoms with Gasteiger partial charge in [0.1, 0.15) is 11.6 Å². The molecule has 0 unspecified atom stereocenters. The highest BCUT2D eigenvalue weighted by Gasteiger charge is 2.27. The predicted octanol–water partition coefficient (Wildman–Crippen LogP) is 4.36. The molecule has 0 spiro atoms. The number of rotatable bonds is 6. The first kappa shape index (κ1) is 20.5. The highest BCUT2D eigenvalue weighted by Crippen LogP contribution is 2.26. The van der Waals surface area contributed by atoms with Gasteiger partial charge in [-0.1, -0.05) is 42.5 Å². The number of carbonyl (C=O) groups excluding carboxylic acids is 1. The van der Waals surface area contributed by atoms with Crippen LogP contribution in [0.25, 0.3) is 0 Å². The highest BCUT2D eigenvalue weighted by molar-refractivity contribution is 7.09. The Morgan fingerprint density at radius 3 is 2.57 bits per heavy atom. The summed E-state index contributed by atoms with van der Waals surface area (Å²) in [5.74, 6) is 0.660. The Kier molecular flexibility index (Phi) is 6.38.